The van der Waals surface area contributed by atoms with Crippen LogP contribution in [-0.4, -0.2) is 79.3 Å². The Balaban J connectivity index is 0. The predicted octanol–water partition coefficient (Wildman–Crippen LogP) is 2.54. The molecular weight excluding hydrogens is 390 g/mol. The molecule has 0 bridgehead atoms. The summed E-state index contributed by atoms with van der Waals surface area (Å²) in [5, 5.41) is 0. The molecule has 0 spiro atoms. The smallest absolute Gasteiger partial charge is 0.124 e. The summed E-state index contributed by atoms with van der Waals surface area (Å²) in [6.45, 7) is 18.4. The number of hydrogen-bond acceptors (Lipinski definition) is 6. The van der Waals surface area contributed by atoms with E-state index in [-0.39, 0.29) is 14.5 Å². The SMILES string of the molecule is C[P+](C)(C)C.C[P+](C)(C)C.O=S(=O)([O-])c1ccc(S(=O)(=O)[O-])cc1. The van der Waals surface area contributed by atoms with Crippen molar-refractivity contribution >= 4 is 34.8 Å². The lowest BCUT2D eigenvalue weighted by atomic mass is 10.4. The minimum Gasteiger partial charge on any atom is -0.744 e. The lowest BCUT2D eigenvalue weighted by Gasteiger charge is -2.09. The zero-order valence-corrected chi connectivity index (χ0v) is 18.9. The summed E-state index contributed by atoms with van der Waals surface area (Å²) in [6.07, 6.45) is 0. The van der Waals surface area contributed by atoms with E-state index < -0.39 is 30.0 Å². The molecule has 0 N–H and O–H groups in total. The average molecular weight is 418 g/mol. The molecule has 142 valence electrons. The van der Waals surface area contributed by atoms with Crippen molar-refractivity contribution in [1.82, 2.24) is 0 Å². The first-order chi connectivity index (χ1) is 10.2. The molecule has 1 rings (SSSR count). The van der Waals surface area contributed by atoms with E-state index in [1.54, 1.807) is 0 Å². The zero-order chi connectivity index (χ0) is 20.0. The minimum atomic E-state index is -4.61. The van der Waals surface area contributed by atoms with Gasteiger partial charge in [-0.3, -0.25) is 0 Å². The summed E-state index contributed by atoms with van der Waals surface area (Å²) in [5.41, 5.74) is 0. The van der Waals surface area contributed by atoms with E-state index in [0.717, 1.165) is 24.3 Å². The Bertz CT molecular complexity index is 622. The normalized spacial score (nSPS) is 12.4. The number of rotatable bonds is 2. The molecule has 1 aromatic carbocycles. The fraction of sp³-hybridized carbons (Fsp3) is 0.571. The van der Waals surface area contributed by atoms with E-state index in [9.17, 15) is 25.9 Å². The Morgan fingerprint density at radius 1 is 0.583 bits per heavy atom. The minimum absolute atomic E-state index is 0.389. The van der Waals surface area contributed by atoms with Gasteiger partial charge >= 0.3 is 0 Å². The third-order valence-electron chi connectivity index (χ3n) is 1.40. The van der Waals surface area contributed by atoms with Gasteiger partial charge in [-0.05, 0) is 24.3 Å². The predicted molar refractivity (Wildman–Crippen MR) is 104 cm³/mol. The second-order valence-corrected chi connectivity index (χ2v) is 21.2. The van der Waals surface area contributed by atoms with Crippen LogP contribution in [0.4, 0.5) is 0 Å². The van der Waals surface area contributed by atoms with Gasteiger partial charge in [-0.1, -0.05) is 0 Å². The van der Waals surface area contributed by atoms with Crippen molar-refractivity contribution in [3.05, 3.63) is 24.3 Å². The third kappa shape index (κ3) is 19.9. The van der Waals surface area contributed by atoms with Crippen molar-refractivity contribution in [2.75, 3.05) is 53.3 Å². The molecule has 0 radical (unpaired) electrons. The van der Waals surface area contributed by atoms with Crippen LogP contribution in [0.25, 0.3) is 0 Å². The first kappa shape index (κ1) is 26.1. The van der Waals surface area contributed by atoms with Gasteiger partial charge in [-0.2, -0.15) is 0 Å². The zero-order valence-electron chi connectivity index (χ0n) is 15.5. The Morgan fingerprint density at radius 2 is 0.708 bits per heavy atom. The molecule has 0 aromatic heterocycles. The lowest BCUT2D eigenvalue weighted by Crippen LogP contribution is -2.01. The first-order valence-corrected chi connectivity index (χ1v) is 16.8. The van der Waals surface area contributed by atoms with Crippen molar-refractivity contribution in [2.24, 2.45) is 0 Å². The molecule has 0 aliphatic rings. The van der Waals surface area contributed by atoms with Crippen LogP contribution in [0.5, 0.6) is 0 Å². The average Bonchev–Trinajstić information content (AvgIpc) is 2.22. The Morgan fingerprint density at radius 3 is 0.792 bits per heavy atom. The summed E-state index contributed by atoms with van der Waals surface area (Å²) in [5.74, 6) is 0. The first-order valence-electron chi connectivity index (χ1n) is 6.81. The highest BCUT2D eigenvalue weighted by Crippen LogP contribution is 2.40. The molecule has 0 aliphatic carbocycles. The van der Waals surface area contributed by atoms with Gasteiger partial charge in [-0.25, -0.2) is 16.8 Å². The van der Waals surface area contributed by atoms with Gasteiger partial charge in [0.2, 0.25) is 0 Å². The maximum atomic E-state index is 10.4. The Hall–Kier alpha value is -0.100. The molecular formula is C14H28O6P2S2. The second-order valence-electron chi connectivity index (χ2n) is 7.75. The van der Waals surface area contributed by atoms with Gasteiger partial charge in [0.15, 0.2) is 0 Å². The summed E-state index contributed by atoms with van der Waals surface area (Å²) in [7, 11) is -10.0. The van der Waals surface area contributed by atoms with Crippen molar-refractivity contribution in [1.29, 1.82) is 0 Å². The Kier molecular flexibility index (Phi) is 10.4. The van der Waals surface area contributed by atoms with E-state index in [1.165, 1.54) is 0 Å². The van der Waals surface area contributed by atoms with Gasteiger partial charge in [0.1, 0.15) is 20.2 Å². The maximum absolute atomic E-state index is 10.4. The molecule has 10 heteroatoms. The summed E-state index contributed by atoms with van der Waals surface area (Å²) < 4.78 is 62.5. The number of benzene rings is 1. The van der Waals surface area contributed by atoms with Gasteiger partial charge in [-0.15, -0.1) is 0 Å². The monoisotopic (exact) mass is 418 g/mol. The highest BCUT2D eigenvalue weighted by molar-refractivity contribution is 7.86. The van der Waals surface area contributed by atoms with E-state index >= 15 is 0 Å². The molecule has 0 amide bonds. The maximum Gasteiger partial charge on any atom is 0.124 e. The molecule has 0 fully saturated rings. The van der Waals surface area contributed by atoms with Crippen molar-refractivity contribution in [2.45, 2.75) is 9.79 Å². The molecule has 0 aliphatic heterocycles. The van der Waals surface area contributed by atoms with Crippen LogP contribution in [0, 0.1) is 0 Å². The standard InChI is InChI=1S/C6H6O6S2.2C4H12P/c7-13(8,9)5-1-2-6(4-3-5)14(10,11)12;2*1-5(2,3)4/h1-4H,(H,7,8,9)(H,10,11,12);2*1-4H3/q;2*+1/p-2. The molecule has 0 saturated carbocycles. The lowest BCUT2D eigenvalue weighted by molar-refractivity contribution is 0.458. The van der Waals surface area contributed by atoms with Crippen LogP contribution in [-0.2, 0) is 20.2 Å². The van der Waals surface area contributed by atoms with Crippen LogP contribution in [0.1, 0.15) is 0 Å². The fourth-order valence-corrected chi connectivity index (χ4v) is 1.71. The molecule has 0 heterocycles. The fourth-order valence-electron chi connectivity index (χ4n) is 0.773. The molecule has 0 atom stereocenters. The highest BCUT2D eigenvalue weighted by Gasteiger charge is 2.04. The number of hydrogen-bond donors (Lipinski definition) is 0. The van der Waals surface area contributed by atoms with E-state index in [2.05, 4.69) is 53.3 Å². The van der Waals surface area contributed by atoms with Gasteiger partial charge in [0.05, 0.1) is 9.79 Å². The second kappa shape index (κ2) is 9.56. The van der Waals surface area contributed by atoms with E-state index in [0.29, 0.717) is 0 Å². The van der Waals surface area contributed by atoms with E-state index in [4.69, 9.17) is 0 Å². The molecule has 0 unspecified atom stereocenters. The van der Waals surface area contributed by atoms with Gasteiger partial charge < -0.3 is 9.11 Å². The summed E-state index contributed by atoms with van der Waals surface area (Å²) in [4.78, 5) is -1.16. The van der Waals surface area contributed by atoms with E-state index in [1.807, 2.05) is 0 Å². The van der Waals surface area contributed by atoms with Crippen LogP contribution in [0.3, 0.4) is 0 Å². The van der Waals surface area contributed by atoms with Crippen LogP contribution < -0.4 is 0 Å². The summed E-state index contributed by atoms with van der Waals surface area (Å²) in [6, 6.07) is 3.08. The molecule has 0 saturated heterocycles. The van der Waals surface area contributed by atoms with Crippen molar-refractivity contribution < 1.29 is 25.9 Å². The Labute approximate surface area is 148 Å². The third-order valence-corrected chi connectivity index (χ3v) is 3.10. The van der Waals surface area contributed by atoms with Crippen molar-refractivity contribution in [3.63, 3.8) is 0 Å². The van der Waals surface area contributed by atoms with Gasteiger partial charge in [0, 0.05) is 67.8 Å². The molecule has 24 heavy (non-hydrogen) atoms. The van der Waals surface area contributed by atoms with Crippen LogP contribution in [0.2, 0.25) is 0 Å². The van der Waals surface area contributed by atoms with Gasteiger partial charge in [0.25, 0.3) is 0 Å². The van der Waals surface area contributed by atoms with Crippen LogP contribution >= 0.6 is 14.5 Å². The van der Waals surface area contributed by atoms with Crippen LogP contribution in [0.15, 0.2) is 34.1 Å². The summed E-state index contributed by atoms with van der Waals surface area (Å²) >= 11 is 0. The van der Waals surface area contributed by atoms with Crippen molar-refractivity contribution in [3.8, 4) is 0 Å². The largest absolute Gasteiger partial charge is 0.744 e. The molecule has 1 aromatic rings. The highest BCUT2D eigenvalue weighted by atomic mass is 32.2. The quantitative estimate of drug-likeness (QED) is 0.539. The molecule has 6 nitrogen and oxygen atoms in total. The topological polar surface area (TPSA) is 114 Å².